The van der Waals surface area contributed by atoms with Gasteiger partial charge in [0.25, 0.3) is 0 Å². The lowest BCUT2D eigenvalue weighted by atomic mass is 10.0. The topological polar surface area (TPSA) is 88.0 Å². The molecule has 0 spiro atoms. The van der Waals surface area contributed by atoms with Gasteiger partial charge in [0.05, 0.1) is 10.7 Å². The summed E-state index contributed by atoms with van der Waals surface area (Å²) in [4.78, 5) is 2.29. The van der Waals surface area contributed by atoms with Crippen LogP contribution in [0.3, 0.4) is 0 Å². The van der Waals surface area contributed by atoms with Gasteiger partial charge in [-0.1, -0.05) is 41.4 Å². The fourth-order valence-electron chi connectivity index (χ4n) is 3.09. The van der Waals surface area contributed by atoms with Crippen molar-refractivity contribution in [1.29, 1.82) is 0 Å². The summed E-state index contributed by atoms with van der Waals surface area (Å²) in [7, 11) is -4.68. The van der Waals surface area contributed by atoms with Crippen LogP contribution in [0.25, 0.3) is 10.9 Å². The first-order valence-corrected chi connectivity index (χ1v) is 10.5. The van der Waals surface area contributed by atoms with Gasteiger partial charge in [-0.15, -0.1) is 0 Å². The monoisotopic (exact) mass is 465 g/mol. The molecule has 0 amide bonds. The van der Waals surface area contributed by atoms with Crippen molar-refractivity contribution in [3.8, 4) is 0 Å². The van der Waals surface area contributed by atoms with E-state index in [1.165, 1.54) is 6.20 Å². The highest BCUT2D eigenvalue weighted by molar-refractivity contribution is 7.89. The van der Waals surface area contributed by atoms with Gasteiger partial charge in [0.2, 0.25) is 10.0 Å². The zero-order valence-corrected chi connectivity index (χ0v) is 17.3. The maximum Gasteiger partial charge on any atom is 0.405 e. The molecule has 0 saturated heterocycles. The van der Waals surface area contributed by atoms with Crippen molar-refractivity contribution in [2.75, 3.05) is 5.73 Å². The minimum Gasteiger partial charge on any atom is -0.398 e. The van der Waals surface area contributed by atoms with Gasteiger partial charge in [0.1, 0.15) is 10.9 Å². The van der Waals surface area contributed by atoms with Crippen LogP contribution in [-0.4, -0.2) is 25.6 Å². The SMILES string of the molecule is Cc1cccc2c(CC(NS(=O)(=O)c3c(N)cc(Cl)cc3Cl)C(F)(F)F)c[nH]c12. The van der Waals surface area contributed by atoms with Crippen LogP contribution in [0, 0.1) is 6.92 Å². The number of benzene rings is 2. The molecular weight excluding hydrogens is 450 g/mol. The first-order chi connectivity index (χ1) is 13.4. The Bertz CT molecular complexity index is 1150. The van der Waals surface area contributed by atoms with Crippen LogP contribution in [-0.2, 0) is 16.4 Å². The minimum absolute atomic E-state index is 0.0629. The maximum atomic E-state index is 13.7. The Hall–Kier alpha value is -1.94. The number of para-hydroxylation sites is 1. The van der Waals surface area contributed by atoms with Crippen molar-refractivity contribution in [2.24, 2.45) is 0 Å². The summed E-state index contributed by atoms with van der Waals surface area (Å²) in [5, 5.41) is 0.279. The molecule has 4 N–H and O–H groups in total. The highest BCUT2D eigenvalue weighted by atomic mass is 35.5. The van der Waals surface area contributed by atoms with Crippen LogP contribution < -0.4 is 10.5 Å². The molecule has 5 nitrogen and oxygen atoms in total. The number of rotatable bonds is 5. The van der Waals surface area contributed by atoms with E-state index in [9.17, 15) is 21.6 Å². The minimum atomic E-state index is -4.85. The van der Waals surface area contributed by atoms with Crippen LogP contribution in [0.4, 0.5) is 18.9 Å². The van der Waals surface area contributed by atoms with E-state index in [1.807, 2.05) is 13.0 Å². The number of alkyl halides is 3. The van der Waals surface area contributed by atoms with E-state index in [0.29, 0.717) is 16.5 Å². The number of aromatic nitrogens is 1. The van der Waals surface area contributed by atoms with E-state index in [4.69, 9.17) is 28.9 Å². The van der Waals surface area contributed by atoms with Gasteiger partial charge in [-0.3, -0.25) is 0 Å². The van der Waals surface area contributed by atoms with Crippen molar-refractivity contribution >= 4 is 49.8 Å². The molecule has 11 heteroatoms. The number of hydrogen-bond acceptors (Lipinski definition) is 3. The zero-order chi connectivity index (χ0) is 21.6. The number of nitrogens with one attached hydrogen (secondary N) is 2. The van der Waals surface area contributed by atoms with Crippen LogP contribution in [0.5, 0.6) is 0 Å². The second-order valence-corrected chi connectivity index (χ2v) is 9.03. The molecule has 1 aromatic heterocycles. The van der Waals surface area contributed by atoms with Gasteiger partial charge in [-0.2, -0.15) is 17.9 Å². The predicted octanol–water partition coefficient (Wildman–Crippen LogP) is 4.82. The molecule has 0 aliphatic heterocycles. The van der Waals surface area contributed by atoms with Crippen molar-refractivity contribution < 1.29 is 21.6 Å². The lowest BCUT2D eigenvalue weighted by Gasteiger charge is -2.22. The molecule has 156 valence electrons. The quantitative estimate of drug-likeness (QED) is 0.472. The van der Waals surface area contributed by atoms with Gasteiger partial charge in [-0.05, 0) is 36.6 Å². The summed E-state index contributed by atoms with van der Waals surface area (Å²) in [5.41, 5.74) is 7.17. The normalized spacial score (nSPS) is 13.7. The Balaban J connectivity index is 1.99. The molecule has 0 radical (unpaired) electrons. The molecule has 1 atom stereocenters. The van der Waals surface area contributed by atoms with E-state index in [1.54, 1.807) is 16.9 Å². The Labute approximate surface area is 175 Å². The van der Waals surface area contributed by atoms with Crippen molar-refractivity contribution in [3.63, 3.8) is 0 Å². The Kier molecular flexibility index (Phi) is 5.79. The number of fused-ring (bicyclic) bond motifs is 1. The largest absolute Gasteiger partial charge is 0.405 e. The molecule has 2 aromatic carbocycles. The summed E-state index contributed by atoms with van der Waals surface area (Å²) < 4.78 is 68.1. The second kappa shape index (κ2) is 7.71. The molecule has 0 aliphatic carbocycles. The van der Waals surface area contributed by atoms with Gasteiger partial charge in [0, 0.05) is 22.1 Å². The summed E-state index contributed by atoms with van der Waals surface area (Å²) in [6.45, 7) is 1.82. The van der Waals surface area contributed by atoms with Crippen molar-refractivity contribution in [2.45, 2.75) is 30.5 Å². The zero-order valence-electron chi connectivity index (χ0n) is 14.9. The average molecular weight is 466 g/mol. The number of nitrogen functional groups attached to an aromatic ring is 1. The first kappa shape index (κ1) is 21.8. The highest BCUT2D eigenvalue weighted by Crippen LogP contribution is 2.33. The smallest absolute Gasteiger partial charge is 0.398 e. The van der Waals surface area contributed by atoms with E-state index in [-0.39, 0.29) is 15.7 Å². The number of aromatic amines is 1. The van der Waals surface area contributed by atoms with Crippen LogP contribution in [0.1, 0.15) is 11.1 Å². The number of aryl methyl sites for hydroxylation is 1. The van der Waals surface area contributed by atoms with Crippen molar-refractivity contribution in [1.82, 2.24) is 9.71 Å². The number of sulfonamides is 1. The summed E-state index contributed by atoms with van der Waals surface area (Å²) in [5.74, 6) is 0. The van der Waals surface area contributed by atoms with Crippen LogP contribution >= 0.6 is 23.2 Å². The number of hydrogen-bond donors (Lipinski definition) is 3. The molecule has 0 aliphatic rings. The maximum absolute atomic E-state index is 13.7. The van der Waals surface area contributed by atoms with Gasteiger partial charge < -0.3 is 10.7 Å². The fraction of sp³-hybridized carbons (Fsp3) is 0.222. The first-order valence-electron chi connectivity index (χ1n) is 8.29. The molecule has 0 bridgehead atoms. The van der Waals surface area contributed by atoms with E-state index >= 15 is 0 Å². The molecule has 29 heavy (non-hydrogen) atoms. The number of nitrogens with two attached hydrogens (primary N) is 1. The lowest BCUT2D eigenvalue weighted by molar-refractivity contribution is -0.150. The molecule has 3 aromatic rings. The van der Waals surface area contributed by atoms with Gasteiger partial charge >= 0.3 is 6.18 Å². The van der Waals surface area contributed by atoms with Crippen LogP contribution in [0.15, 0.2) is 41.4 Å². The Morgan fingerprint density at radius 1 is 1.24 bits per heavy atom. The molecule has 1 heterocycles. The molecule has 3 rings (SSSR count). The third-order valence-corrected chi connectivity index (χ3v) is 6.65. The molecular formula is C18H16Cl2F3N3O2S. The van der Waals surface area contributed by atoms with E-state index in [2.05, 4.69) is 4.98 Å². The van der Waals surface area contributed by atoms with Gasteiger partial charge in [0.15, 0.2) is 0 Å². The van der Waals surface area contributed by atoms with Crippen molar-refractivity contribution in [3.05, 3.63) is 57.7 Å². The average Bonchev–Trinajstić information content (AvgIpc) is 2.96. The third-order valence-electron chi connectivity index (χ3n) is 4.43. The van der Waals surface area contributed by atoms with Crippen LogP contribution in [0.2, 0.25) is 10.0 Å². The second-order valence-electron chi connectivity index (χ2n) is 6.54. The predicted molar refractivity (Wildman–Crippen MR) is 108 cm³/mol. The number of H-pyrrole nitrogens is 1. The Morgan fingerprint density at radius 3 is 2.55 bits per heavy atom. The van der Waals surface area contributed by atoms with E-state index in [0.717, 1.165) is 17.7 Å². The number of halogens is 5. The lowest BCUT2D eigenvalue weighted by Crippen LogP contribution is -2.46. The number of anilines is 1. The molecule has 0 saturated carbocycles. The summed E-state index contributed by atoms with van der Waals surface area (Å²) >= 11 is 11.6. The highest BCUT2D eigenvalue weighted by Gasteiger charge is 2.43. The molecule has 0 fully saturated rings. The Morgan fingerprint density at radius 2 is 1.93 bits per heavy atom. The summed E-state index contributed by atoms with van der Waals surface area (Å²) in [6.07, 6.45) is -4.03. The summed E-state index contributed by atoms with van der Waals surface area (Å²) in [6, 6.07) is 5.02. The van der Waals surface area contributed by atoms with Gasteiger partial charge in [-0.25, -0.2) is 8.42 Å². The standard InChI is InChI=1S/C18H16Cl2F3N3O2S/c1-9-3-2-4-12-10(8-25-16(9)12)5-15(18(21,22)23)26-29(27,28)17-13(20)6-11(19)7-14(17)24/h2-4,6-8,15,25-26H,5,24H2,1H3. The fourth-order valence-corrected chi connectivity index (χ4v) is 5.30. The third kappa shape index (κ3) is 4.48. The molecule has 1 unspecified atom stereocenters. The van der Waals surface area contributed by atoms with E-state index < -0.39 is 33.6 Å².